The van der Waals surface area contributed by atoms with E-state index < -0.39 is 42.6 Å². The first-order valence-electron chi connectivity index (χ1n) is 10.8. The highest BCUT2D eigenvalue weighted by atomic mass is 31.2. The van der Waals surface area contributed by atoms with E-state index in [-0.39, 0.29) is 37.4 Å². The van der Waals surface area contributed by atoms with Gasteiger partial charge in [0.15, 0.2) is 6.23 Å². The molecule has 0 saturated carbocycles. The predicted octanol–water partition coefficient (Wildman–Crippen LogP) is 1.38. The van der Waals surface area contributed by atoms with Crippen molar-refractivity contribution in [1.82, 2.24) is 9.55 Å². The van der Waals surface area contributed by atoms with Crippen LogP contribution in [0, 0.1) is 11.8 Å². The summed E-state index contributed by atoms with van der Waals surface area (Å²) in [6, 6.07) is 1.21. The molecule has 3 heterocycles. The number of fused-ring (bicyclic) bond motifs is 1. The number of esters is 1. The second-order valence-corrected chi connectivity index (χ2v) is 10.9. The van der Waals surface area contributed by atoms with Gasteiger partial charge in [-0.1, -0.05) is 6.92 Å². The van der Waals surface area contributed by atoms with Gasteiger partial charge in [0.25, 0.3) is 5.56 Å². The molecular formula is C20H32N3O8P. The molecule has 2 aliphatic rings. The summed E-state index contributed by atoms with van der Waals surface area (Å²) in [5, 5.41) is 0. The number of rotatable bonds is 8. The van der Waals surface area contributed by atoms with E-state index in [1.165, 1.54) is 16.8 Å². The van der Waals surface area contributed by atoms with E-state index in [1.807, 2.05) is 6.92 Å². The average molecular weight is 473 g/mol. The zero-order valence-electron chi connectivity index (χ0n) is 18.8. The first kappa shape index (κ1) is 24.9. The van der Waals surface area contributed by atoms with Gasteiger partial charge in [0.2, 0.25) is 0 Å². The van der Waals surface area contributed by atoms with Crippen LogP contribution < -0.4 is 17.0 Å². The SMILES string of the molecule is CCC(CCOP1(=O)C[C@@H]2[C@@H](CO1)O[C@@H](n1ccc(=O)[nH]c1=O)[C@]2(C)N)C(=O)OC(C)C. The van der Waals surface area contributed by atoms with Gasteiger partial charge in [-0.2, -0.15) is 0 Å². The van der Waals surface area contributed by atoms with Gasteiger partial charge in [-0.05, 0) is 33.6 Å². The Hall–Kier alpha value is -1.78. The van der Waals surface area contributed by atoms with Crippen LogP contribution in [0.25, 0.3) is 0 Å². The lowest BCUT2D eigenvalue weighted by atomic mass is 9.85. The lowest BCUT2D eigenvalue weighted by molar-refractivity contribution is -0.153. The Bertz CT molecular complexity index is 988. The highest BCUT2D eigenvalue weighted by Crippen LogP contribution is 2.58. The summed E-state index contributed by atoms with van der Waals surface area (Å²) in [6.45, 7) is 7.23. The predicted molar refractivity (Wildman–Crippen MR) is 115 cm³/mol. The van der Waals surface area contributed by atoms with E-state index >= 15 is 0 Å². The molecule has 0 aliphatic carbocycles. The summed E-state index contributed by atoms with van der Waals surface area (Å²) in [7, 11) is -3.48. The maximum atomic E-state index is 13.2. The van der Waals surface area contributed by atoms with Crippen molar-refractivity contribution >= 4 is 13.6 Å². The zero-order valence-corrected chi connectivity index (χ0v) is 19.7. The molecule has 2 aliphatic heterocycles. The maximum absolute atomic E-state index is 13.2. The van der Waals surface area contributed by atoms with Crippen LogP contribution in [0.15, 0.2) is 21.9 Å². The van der Waals surface area contributed by atoms with Crippen molar-refractivity contribution in [1.29, 1.82) is 0 Å². The van der Waals surface area contributed by atoms with E-state index in [4.69, 9.17) is 24.3 Å². The largest absolute Gasteiger partial charge is 0.463 e. The van der Waals surface area contributed by atoms with Crippen molar-refractivity contribution in [2.75, 3.05) is 19.4 Å². The number of hydrogen-bond donors (Lipinski definition) is 2. The second-order valence-electron chi connectivity index (χ2n) is 8.82. The van der Waals surface area contributed by atoms with Crippen LogP contribution in [0.3, 0.4) is 0 Å². The molecule has 0 spiro atoms. The number of carbonyl (C=O) groups is 1. The number of ether oxygens (including phenoxy) is 2. The highest BCUT2D eigenvalue weighted by Gasteiger charge is 2.57. The molecule has 32 heavy (non-hydrogen) atoms. The molecule has 3 rings (SSSR count). The molecule has 11 nitrogen and oxygen atoms in total. The van der Waals surface area contributed by atoms with E-state index in [0.29, 0.717) is 12.8 Å². The first-order valence-corrected chi connectivity index (χ1v) is 12.5. The Morgan fingerprint density at radius 2 is 2.16 bits per heavy atom. The van der Waals surface area contributed by atoms with E-state index in [1.54, 1.807) is 20.8 Å². The van der Waals surface area contributed by atoms with Crippen molar-refractivity contribution in [2.24, 2.45) is 17.6 Å². The lowest BCUT2D eigenvalue weighted by Crippen LogP contribution is -2.52. The molecule has 180 valence electrons. The van der Waals surface area contributed by atoms with Gasteiger partial charge >= 0.3 is 19.3 Å². The minimum Gasteiger partial charge on any atom is -0.463 e. The summed E-state index contributed by atoms with van der Waals surface area (Å²) in [5.41, 5.74) is 4.32. The summed E-state index contributed by atoms with van der Waals surface area (Å²) in [6.07, 6.45) is 0.724. The lowest BCUT2D eigenvalue weighted by Gasteiger charge is -2.36. The molecule has 1 aromatic heterocycles. The van der Waals surface area contributed by atoms with Crippen LogP contribution in [0.1, 0.15) is 46.8 Å². The minimum atomic E-state index is -3.48. The molecule has 0 aromatic carbocycles. The Morgan fingerprint density at radius 3 is 2.78 bits per heavy atom. The van der Waals surface area contributed by atoms with Gasteiger partial charge in [0.05, 0.1) is 43.0 Å². The number of hydrogen-bond acceptors (Lipinski definition) is 9. The van der Waals surface area contributed by atoms with Gasteiger partial charge in [-0.15, -0.1) is 0 Å². The molecule has 2 fully saturated rings. The third-order valence-electron chi connectivity index (χ3n) is 5.98. The number of nitrogens with zero attached hydrogens (tertiary/aromatic N) is 1. The maximum Gasteiger partial charge on any atom is 0.331 e. The number of nitrogens with two attached hydrogens (primary N) is 1. The fourth-order valence-corrected chi connectivity index (χ4v) is 6.31. The first-order chi connectivity index (χ1) is 15.0. The number of nitrogens with one attached hydrogen (secondary N) is 1. The Morgan fingerprint density at radius 1 is 1.44 bits per heavy atom. The molecule has 0 radical (unpaired) electrons. The third-order valence-corrected chi connectivity index (χ3v) is 7.93. The summed E-state index contributed by atoms with van der Waals surface area (Å²) >= 11 is 0. The fourth-order valence-electron chi connectivity index (χ4n) is 4.16. The summed E-state index contributed by atoms with van der Waals surface area (Å²) < 4.78 is 36.9. The summed E-state index contributed by atoms with van der Waals surface area (Å²) in [5.74, 6) is -1.06. The quantitative estimate of drug-likeness (QED) is 0.421. The number of H-pyrrole nitrogens is 1. The molecule has 6 atom stereocenters. The van der Waals surface area contributed by atoms with Crippen LogP contribution in [0.5, 0.6) is 0 Å². The third kappa shape index (κ3) is 5.23. The van der Waals surface area contributed by atoms with Gasteiger partial charge in [-0.3, -0.25) is 23.7 Å². The average Bonchev–Trinajstić information content (AvgIpc) is 2.95. The van der Waals surface area contributed by atoms with Crippen LogP contribution in [0.2, 0.25) is 0 Å². The van der Waals surface area contributed by atoms with Crippen molar-refractivity contribution < 1.29 is 27.9 Å². The second kappa shape index (κ2) is 9.61. The summed E-state index contributed by atoms with van der Waals surface area (Å²) in [4.78, 5) is 37.9. The van der Waals surface area contributed by atoms with Crippen molar-refractivity contribution in [3.63, 3.8) is 0 Å². The molecule has 12 heteroatoms. The van der Waals surface area contributed by atoms with Gasteiger partial charge in [0, 0.05) is 18.2 Å². The number of carbonyl (C=O) groups excluding carboxylic acids is 1. The molecule has 0 bridgehead atoms. The van der Waals surface area contributed by atoms with Crippen LogP contribution >= 0.6 is 7.60 Å². The highest BCUT2D eigenvalue weighted by molar-refractivity contribution is 7.53. The molecule has 1 aromatic rings. The van der Waals surface area contributed by atoms with E-state index in [9.17, 15) is 18.9 Å². The fraction of sp³-hybridized carbons (Fsp3) is 0.750. The van der Waals surface area contributed by atoms with Crippen LogP contribution in [-0.2, 0) is 27.9 Å². The van der Waals surface area contributed by atoms with Gasteiger partial charge < -0.3 is 24.3 Å². The molecular weight excluding hydrogens is 441 g/mol. The smallest absolute Gasteiger partial charge is 0.331 e. The van der Waals surface area contributed by atoms with Crippen molar-refractivity contribution in [3.8, 4) is 0 Å². The minimum absolute atomic E-state index is 0.00403. The van der Waals surface area contributed by atoms with Crippen LogP contribution in [0.4, 0.5) is 0 Å². The van der Waals surface area contributed by atoms with Crippen molar-refractivity contribution in [2.45, 2.75) is 64.5 Å². The van der Waals surface area contributed by atoms with E-state index in [0.717, 1.165) is 0 Å². The normalized spacial score (nSPS) is 33.1. The Balaban J connectivity index is 1.66. The zero-order chi connectivity index (χ0) is 23.7. The standard InChI is InChI=1S/C20H32N3O8P/c1-5-13(17(25)30-12(2)3)7-9-28-32(27)11-14-15(10-29-32)31-18(20(14,4)21)23-8-6-16(24)22-19(23)26/h6,8,12-15,18H,5,7,9-11,21H2,1-4H3,(H,22,24,26)/t13?,14-,15-,18-,20-,32?/m1/s1. The Kier molecular flexibility index (Phi) is 7.46. The van der Waals surface area contributed by atoms with Gasteiger partial charge in [-0.25, -0.2) is 4.79 Å². The molecule has 2 saturated heterocycles. The van der Waals surface area contributed by atoms with Crippen LogP contribution in [-0.4, -0.2) is 52.6 Å². The number of aromatic nitrogens is 2. The van der Waals surface area contributed by atoms with Crippen molar-refractivity contribution in [3.05, 3.63) is 33.1 Å². The Labute approximate surface area is 186 Å². The monoisotopic (exact) mass is 473 g/mol. The molecule has 0 amide bonds. The van der Waals surface area contributed by atoms with E-state index in [2.05, 4.69) is 4.98 Å². The topological polar surface area (TPSA) is 152 Å². The number of aromatic amines is 1. The van der Waals surface area contributed by atoms with Gasteiger partial charge in [0.1, 0.15) is 0 Å². The molecule has 2 unspecified atom stereocenters. The molecule has 3 N–H and O–H groups in total.